The van der Waals surface area contributed by atoms with Crippen molar-refractivity contribution in [2.24, 2.45) is 27.9 Å². The summed E-state index contributed by atoms with van der Waals surface area (Å²) >= 11 is 0. The average Bonchev–Trinajstić information content (AvgIpc) is 2.22. The highest BCUT2D eigenvalue weighted by Gasteiger charge is 2.60. The van der Waals surface area contributed by atoms with Crippen LogP contribution in [0.5, 0.6) is 0 Å². The topological polar surface area (TPSA) is 55.1 Å². The van der Waals surface area contributed by atoms with Crippen LogP contribution in [0.25, 0.3) is 0 Å². The Morgan fingerprint density at radius 3 is 2.35 bits per heavy atom. The van der Waals surface area contributed by atoms with Crippen LogP contribution in [0.2, 0.25) is 0 Å². The highest BCUT2D eigenvalue weighted by Crippen LogP contribution is 2.70. The number of nitrogens with one attached hydrogen (secondary N) is 1. The van der Waals surface area contributed by atoms with Crippen LogP contribution in [0.3, 0.4) is 0 Å². The third-order valence-corrected chi connectivity index (χ3v) is 5.98. The van der Waals surface area contributed by atoms with Crippen LogP contribution < -0.4 is 11.1 Å². The smallest absolute Gasteiger partial charge is 0.220 e. The number of amides is 1. The van der Waals surface area contributed by atoms with Crippen LogP contribution in [0, 0.1) is 22.2 Å². The van der Waals surface area contributed by atoms with Crippen molar-refractivity contribution in [3.05, 3.63) is 0 Å². The standard InChI is InChI=1S/C17H30N2O/c1-15-6-13-7-16(2,10-15)12-17(8-13,11-15)9-14(20)19-5-3-4-18/h13H,3-12,18H2,1-2H3,(H,19,20). The number of rotatable bonds is 5. The molecule has 0 radical (unpaired) electrons. The van der Waals surface area contributed by atoms with E-state index in [1.165, 1.54) is 38.5 Å². The van der Waals surface area contributed by atoms with Crippen LogP contribution in [0.4, 0.5) is 0 Å². The third-order valence-electron chi connectivity index (χ3n) is 5.98. The Hall–Kier alpha value is -0.570. The molecule has 2 atom stereocenters. The second-order valence-electron chi connectivity index (χ2n) is 8.80. The van der Waals surface area contributed by atoms with Crippen molar-refractivity contribution >= 4 is 5.91 Å². The van der Waals surface area contributed by atoms with Gasteiger partial charge in [-0.25, -0.2) is 0 Å². The molecule has 0 aromatic heterocycles. The van der Waals surface area contributed by atoms with E-state index in [9.17, 15) is 4.79 Å². The first kappa shape index (κ1) is 14.4. The van der Waals surface area contributed by atoms with Gasteiger partial charge in [-0.3, -0.25) is 4.79 Å². The first-order valence-corrected chi connectivity index (χ1v) is 8.33. The number of carbonyl (C=O) groups excluding carboxylic acids is 1. The minimum Gasteiger partial charge on any atom is -0.356 e. The van der Waals surface area contributed by atoms with E-state index in [4.69, 9.17) is 5.73 Å². The molecule has 0 heterocycles. The van der Waals surface area contributed by atoms with E-state index in [-0.39, 0.29) is 5.91 Å². The van der Waals surface area contributed by atoms with Gasteiger partial charge in [-0.15, -0.1) is 0 Å². The molecule has 0 aliphatic heterocycles. The van der Waals surface area contributed by atoms with Gasteiger partial charge in [0.1, 0.15) is 0 Å². The molecule has 4 saturated carbocycles. The van der Waals surface area contributed by atoms with Crippen molar-refractivity contribution in [1.29, 1.82) is 0 Å². The lowest BCUT2D eigenvalue weighted by molar-refractivity contribution is -0.156. The summed E-state index contributed by atoms with van der Waals surface area (Å²) in [4.78, 5) is 12.3. The Morgan fingerprint density at radius 2 is 1.80 bits per heavy atom. The Morgan fingerprint density at radius 1 is 1.15 bits per heavy atom. The van der Waals surface area contributed by atoms with Gasteiger partial charge in [-0.1, -0.05) is 13.8 Å². The van der Waals surface area contributed by atoms with Gasteiger partial charge in [0.15, 0.2) is 0 Å². The molecule has 4 fully saturated rings. The first-order chi connectivity index (χ1) is 9.36. The number of hydrogen-bond acceptors (Lipinski definition) is 2. The van der Waals surface area contributed by atoms with Crippen molar-refractivity contribution in [1.82, 2.24) is 5.32 Å². The highest BCUT2D eigenvalue weighted by atomic mass is 16.1. The summed E-state index contributed by atoms with van der Waals surface area (Å²) in [5, 5.41) is 3.06. The van der Waals surface area contributed by atoms with E-state index in [0.29, 0.717) is 22.8 Å². The normalized spacial score (nSPS) is 45.6. The largest absolute Gasteiger partial charge is 0.356 e. The van der Waals surface area contributed by atoms with E-state index in [2.05, 4.69) is 19.2 Å². The van der Waals surface area contributed by atoms with E-state index in [1.807, 2.05) is 0 Å². The second-order valence-corrected chi connectivity index (χ2v) is 8.80. The predicted molar refractivity (Wildman–Crippen MR) is 81.1 cm³/mol. The summed E-state index contributed by atoms with van der Waals surface area (Å²) in [5.74, 6) is 1.13. The molecule has 4 bridgehead atoms. The summed E-state index contributed by atoms with van der Waals surface area (Å²) in [6.07, 6.45) is 9.66. The van der Waals surface area contributed by atoms with Gasteiger partial charge in [0.05, 0.1) is 0 Å². The maximum Gasteiger partial charge on any atom is 0.220 e. The van der Waals surface area contributed by atoms with Gasteiger partial charge in [-0.2, -0.15) is 0 Å². The Kier molecular flexibility index (Phi) is 3.39. The van der Waals surface area contributed by atoms with Gasteiger partial charge in [0, 0.05) is 13.0 Å². The molecular weight excluding hydrogens is 248 g/mol. The molecule has 20 heavy (non-hydrogen) atoms. The quantitative estimate of drug-likeness (QED) is 0.760. The number of carbonyl (C=O) groups is 1. The lowest BCUT2D eigenvalue weighted by Crippen LogP contribution is -2.56. The predicted octanol–water partition coefficient (Wildman–Crippen LogP) is 2.84. The number of nitrogens with two attached hydrogens (primary N) is 1. The minimum absolute atomic E-state index is 0.257. The van der Waals surface area contributed by atoms with E-state index >= 15 is 0 Å². The van der Waals surface area contributed by atoms with Crippen LogP contribution in [-0.2, 0) is 4.79 Å². The highest BCUT2D eigenvalue weighted by molar-refractivity contribution is 5.76. The third kappa shape index (κ3) is 2.61. The molecule has 3 N–H and O–H groups in total. The van der Waals surface area contributed by atoms with Crippen LogP contribution >= 0.6 is 0 Å². The van der Waals surface area contributed by atoms with Crippen molar-refractivity contribution in [3.63, 3.8) is 0 Å². The second kappa shape index (κ2) is 4.72. The van der Waals surface area contributed by atoms with E-state index < -0.39 is 0 Å². The van der Waals surface area contributed by atoms with Crippen molar-refractivity contribution < 1.29 is 4.79 Å². The molecule has 0 spiro atoms. The Labute approximate surface area is 123 Å². The van der Waals surface area contributed by atoms with Gasteiger partial charge < -0.3 is 11.1 Å². The zero-order chi connectivity index (χ0) is 14.4. The molecule has 4 aliphatic carbocycles. The molecule has 1 amide bonds. The maximum atomic E-state index is 12.3. The fraction of sp³-hybridized carbons (Fsp3) is 0.941. The summed E-state index contributed by atoms with van der Waals surface area (Å²) in [7, 11) is 0. The maximum absolute atomic E-state index is 12.3. The average molecular weight is 278 g/mol. The molecule has 3 nitrogen and oxygen atoms in total. The summed E-state index contributed by atoms with van der Waals surface area (Å²) in [6, 6.07) is 0. The van der Waals surface area contributed by atoms with Crippen LogP contribution in [0.1, 0.15) is 65.2 Å². The van der Waals surface area contributed by atoms with Crippen LogP contribution in [0.15, 0.2) is 0 Å². The fourth-order valence-electron chi connectivity index (χ4n) is 6.61. The van der Waals surface area contributed by atoms with Crippen molar-refractivity contribution in [3.8, 4) is 0 Å². The molecule has 0 saturated heterocycles. The zero-order valence-corrected chi connectivity index (χ0v) is 13.1. The first-order valence-electron chi connectivity index (χ1n) is 8.33. The lowest BCUT2D eigenvalue weighted by Gasteiger charge is -2.65. The SMILES string of the molecule is CC12CC3CC(C)(C1)CC(CC(=O)NCCCN)(C3)C2. The van der Waals surface area contributed by atoms with Crippen molar-refractivity contribution in [2.75, 3.05) is 13.1 Å². The molecule has 4 aliphatic rings. The van der Waals surface area contributed by atoms with Gasteiger partial charge >= 0.3 is 0 Å². The lowest BCUT2D eigenvalue weighted by atomic mass is 9.40. The molecule has 0 aromatic carbocycles. The summed E-state index contributed by atoms with van der Waals surface area (Å²) in [5.41, 5.74) is 6.80. The molecule has 3 heteroatoms. The monoisotopic (exact) mass is 278 g/mol. The number of hydrogen-bond donors (Lipinski definition) is 2. The molecular formula is C17H30N2O. The van der Waals surface area contributed by atoms with Crippen molar-refractivity contribution in [2.45, 2.75) is 65.2 Å². The van der Waals surface area contributed by atoms with E-state index in [1.54, 1.807) is 0 Å². The minimum atomic E-state index is 0.257. The molecule has 0 aromatic rings. The molecule has 114 valence electrons. The summed E-state index contributed by atoms with van der Waals surface area (Å²) in [6.45, 7) is 6.33. The van der Waals surface area contributed by atoms with Gasteiger partial charge in [0.25, 0.3) is 0 Å². The van der Waals surface area contributed by atoms with E-state index in [0.717, 1.165) is 25.3 Å². The van der Waals surface area contributed by atoms with Crippen LogP contribution in [-0.4, -0.2) is 19.0 Å². The zero-order valence-electron chi connectivity index (χ0n) is 13.1. The summed E-state index contributed by atoms with van der Waals surface area (Å²) < 4.78 is 0. The van der Waals surface area contributed by atoms with Gasteiger partial charge in [0.2, 0.25) is 5.91 Å². The fourth-order valence-corrected chi connectivity index (χ4v) is 6.61. The molecule has 2 unspecified atom stereocenters. The van der Waals surface area contributed by atoms with Gasteiger partial charge in [-0.05, 0) is 73.7 Å². The Bertz CT molecular complexity index is 388. The Balaban J connectivity index is 1.68. The molecule has 4 rings (SSSR count).